The maximum atomic E-state index is 12.9. The van der Waals surface area contributed by atoms with E-state index < -0.39 is 40.6 Å². The Hall–Kier alpha value is -3.51. The molecule has 1 aliphatic heterocycles. The van der Waals surface area contributed by atoms with Crippen LogP contribution in [-0.2, 0) is 19.1 Å². The number of nitrogens with zero attached hydrogens (tertiary/aromatic N) is 4. The second-order valence-electron chi connectivity index (χ2n) is 7.35. The van der Waals surface area contributed by atoms with Crippen molar-refractivity contribution in [2.75, 3.05) is 12.3 Å². The number of carbonyl (C=O) groups is 3. The molecule has 1 fully saturated rings. The van der Waals surface area contributed by atoms with Crippen molar-refractivity contribution in [3.63, 3.8) is 0 Å². The number of nitrogens with two attached hydrogens (primary N) is 1. The highest BCUT2D eigenvalue weighted by molar-refractivity contribution is 8.00. The van der Waals surface area contributed by atoms with E-state index in [-0.39, 0.29) is 29.4 Å². The minimum absolute atomic E-state index is 0.0142. The van der Waals surface area contributed by atoms with E-state index in [2.05, 4.69) is 15.0 Å². The third-order valence-electron chi connectivity index (χ3n) is 5.03. The molecule has 172 valence electrons. The number of esters is 2. The first-order chi connectivity index (χ1) is 15.8. The number of aliphatic hydroxyl groups is 1. The van der Waals surface area contributed by atoms with Crippen molar-refractivity contribution in [2.24, 2.45) is 0 Å². The van der Waals surface area contributed by atoms with Gasteiger partial charge in [-0.05, 0) is 0 Å². The Morgan fingerprint density at radius 1 is 1.09 bits per heavy atom. The smallest absolute Gasteiger partial charge is 0.303 e. The molecule has 0 amide bonds. The molecule has 0 bridgehead atoms. The van der Waals surface area contributed by atoms with Crippen LogP contribution in [0.2, 0.25) is 0 Å². The number of ketones is 1. The molecule has 12 heteroatoms. The van der Waals surface area contributed by atoms with Gasteiger partial charge in [-0.25, -0.2) is 15.0 Å². The molecule has 1 saturated heterocycles. The van der Waals surface area contributed by atoms with Crippen molar-refractivity contribution in [3.8, 4) is 0 Å². The van der Waals surface area contributed by atoms with Crippen LogP contribution in [0.3, 0.4) is 0 Å². The van der Waals surface area contributed by atoms with Gasteiger partial charge in [0.05, 0.1) is 18.2 Å². The van der Waals surface area contributed by atoms with Crippen molar-refractivity contribution >= 4 is 46.5 Å². The fourth-order valence-electron chi connectivity index (χ4n) is 3.67. The Kier molecular flexibility index (Phi) is 6.29. The number of imidazole rings is 1. The highest BCUT2D eigenvalue weighted by atomic mass is 32.2. The van der Waals surface area contributed by atoms with E-state index in [1.807, 2.05) is 0 Å². The van der Waals surface area contributed by atoms with Crippen molar-refractivity contribution in [2.45, 2.75) is 36.7 Å². The van der Waals surface area contributed by atoms with Crippen molar-refractivity contribution in [1.29, 1.82) is 0 Å². The Morgan fingerprint density at radius 2 is 1.76 bits per heavy atom. The zero-order valence-electron chi connectivity index (χ0n) is 17.7. The van der Waals surface area contributed by atoms with Crippen LogP contribution in [0.4, 0.5) is 5.82 Å². The van der Waals surface area contributed by atoms with Crippen LogP contribution in [0, 0.1) is 0 Å². The number of thioether (sulfide) groups is 1. The molecule has 11 nitrogen and oxygen atoms in total. The first kappa shape index (κ1) is 22.7. The molecule has 1 aromatic carbocycles. The Morgan fingerprint density at radius 3 is 2.39 bits per heavy atom. The van der Waals surface area contributed by atoms with E-state index >= 15 is 0 Å². The number of rotatable bonds is 6. The lowest BCUT2D eigenvalue weighted by Gasteiger charge is -2.25. The number of benzene rings is 1. The largest absolute Gasteiger partial charge is 0.457 e. The van der Waals surface area contributed by atoms with Crippen LogP contribution < -0.4 is 5.73 Å². The molecule has 1 aliphatic rings. The second kappa shape index (κ2) is 9.16. The van der Waals surface area contributed by atoms with Crippen LogP contribution in [0.5, 0.6) is 0 Å². The monoisotopic (exact) mass is 471 g/mol. The summed E-state index contributed by atoms with van der Waals surface area (Å²) in [4.78, 5) is 49.1. The van der Waals surface area contributed by atoms with Crippen molar-refractivity contribution in [3.05, 3.63) is 48.0 Å². The van der Waals surface area contributed by atoms with Gasteiger partial charge in [-0.3, -0.25) is 19.0 Å². The molecule has 0 aliphatic carbocycles. The zero-order valence-corrected chi connectivity index (χ0v) is 18.6. The number of aliphatic hydroxyl groups excluding tert-OH is 1. The van der Waals surface area contributed by atoms with Gasteiger partial charge in [-0.15, -0.1) is 11.8 Å². The van der Waals surface area contributed by atoms with Gasteiger partial charge >= 0.3 is 11.9 Å². The molecule has 0 unspecified atom stereocenters. The summed E-state index contributed by atoms with van der Waals surface area (Å²) in [5.74, 6) is -1.68. The average molecular weight is 471 g/mol. The van der Waals surface area contributed by atoms with Gasteiger partial charge in [0, 0.05) is 19.4 Å². The number of nitrogen functional groups attached to an aromatic ring is 1. The summed E-state index contributed by atoms with van der Waals surface area (Å²) in [6, 6.07) is 8.52. The number of hydrogen-bond donors (Lipinski definition) is 2. The number of fused-ring (bicyclic) bond motifs is 1. The minimum atomic E-state index is -0.935. The molecular weight excluding hydrogens is 450 g/mol. The molecule has 3 N–H and O–H groups in total. The van der Waals surface area contributed by atoms with Gasteiger partial charge in [0.25, 0.3) is 0 Å². The standard InChI is InChI=1S/C21H21N5O6S/c1-10(28)31-16-13(8-27)33-21(17(16)32-11(2)29)26-9-23-14-18(22)24-19(25-20(14)26)15(30)12-6-4-3-5-7-12/h3-7,9,13,16-17,21,27H,8H2,1-2H3,(H2,22,24,25)/t13-,16-,17-,21-/m1/s1. The van der Waals surface area contributed by atoms with Crippen molar-refractivity contribution < 1.29 is 29.0 Å². The molecule has 4 rings (SSSR count). The number of aromatic nitrogens is 4. The molecule has 2 aromatic heterocycles. The lowest BCUT2D eigenvalue weighted by atomic mass is 10.1. The summed E-state index contributed by atoms with van der Waals surface area (Å²) in [5.41, 5.74) is 6.97. The van der Waals surface area contributed by atoms with Crippen LogP contribution in [0.15, 0.2) is 36.7 Å². The number of ether oxygens (including phenoxy) is 2. The van der Waals surface area contributed by atoms with Gasteiger partial charge in [-0.2, -0.15) is 0 Å². The predicted molar refractivity (Wildman–Crippen MR) is 118 cm³/mol. The molecule has 33 heavy (non-hydrogen) atoms. The van der Waals surface area contributed by atoms with E-state index in [4.69, 9.17) is 15.2 Å². The minimum Gasteiger partial charge on any atom is -0.457 e. The zero-order chi connectivity index (χ0) is 23.7. The maximum absolute atomic E-state index is 12.9. The third kappa shape index (κ3) is 4.39. The average Bonchev–Trinajstić information content (AvgIpc) is 3.35. The number of hydrogen-bond acceptors (Lipinski definition) is 11. The predicted octanol–water partition coefficient (Wildman–Crippen LogP) is 1.11. The summed E-state index contributed by atoms with van der Waals surface area (Å²) in [7, 11) is 0. The molecule has 0 radical (unpaired) electrons. The van der Waals surface area contributed by atoms with Crippen LogP contribution >= 0.6 is 11.8 Å². The maximum Gasteiger partial charge on any atom is 0.303 e. The molecule has 0 spiro atoms. The Balaban J connectivity index is 1.79. The topological polar surface area (TPSA) is 160 Å². The number of carbonyl (C=O) groups excluding carboxylic acids is 3. The molecule has 3 heterocycles. The van der Waals surface area contributed by atoms with Crippen LogP contribution in [-0.4, -0.2) is 66.4 Å². The Bertz CT molecular complexity index is 1220. The molecular formula is C21H21N5O6S. The SMILES string of the molecule is CC(=O)O[C@@H]1[C@H](OC(C)=O)[C@@H](CO)S[C@H]1n1cnc2c(N)nc(C(=O)c3ccccc3)nc21. The van der Waals surface area contributed by atoms with Gasteiger partial charge in [-0.1, -0.05) is 30.3 Å². The first-order valence-corrected chi connectivity index (χ1v) is 10.9. The van der Waals surface area contributed by atoms with Crippen LogP contribution in [0.1, 0.15) is 35.4 Å². The second-order valence-corrected chi connectivity index (χ2v) is 8.71. The lowest BCUT2D eigenvalue weighted by Crippen LogP contribution is -2.39. The fraction of sp³-hybridized carbons (Fsp3) is 0.333. The summed E-state index contributed by atoms with van der Waals surface area (Å²) in [5, 5.41) is 8.63. The van der Waals surface area contributed by atoms with Gasteiger partial charge in [0.1, 0.15) is 10.9 Å². The summed E-state index contributed by atoms with van der Waals surface area (Å²) in [6.07, 6.45) is -0.394. The first-order valence-electron chi connectivity index (χ1n) is 10.0. The van der Waals surface area contributed by atoms with E-state index in [0.29, 0.717) is 5.56 Å². The molecule has 0 saturated carbocycles. The molecule has 4 atom stereocenters. The van der Waals surface area contributed by atoms with E-state index in [9.17, 15) is 19.5 Å². The van der Waals surface area contributed by atoms with E-state index in [1.54, 1.807) is 34.9 Å². The van der Waals surface area contributed by atoms with Gasteiger partial charge in [0.15, 0.2) is 23.7 Å². The van der Waals surface area contributed by atoms with Crippen molar-refractivity contribution in [1.82, 2.24) is 19.5 Å². The summed E-state index contributed by atoms with van der Waals surface area (Å²) >= 11 is 1.23. The summed E-state index contributed by atoms with van der Waals surface area (Å²) in [6.45, 7) is 2.15. The van der Waals surface area contributed by atoms with Gasteiger partial charge < -0.3 is 20.3 Å². The summed E-state index contributed by atoms with van der Waals surface area (Å²) < 4.78 is 12.4. The Labute approximate surface area is 192 Å². The quantitative estimate of drug-likeness (QED) is 0.391. The van der Waals surface area contributed by atoms with Crippen LogP contribution in [0.25, 0.3) is 11.2 Å². The highest BCUT2D eigenvalue weighted by Crippen LogP contribution is 2.46. The number of anilines is 1. The highest BCUT2D eigenvalue weighted by Gasteiger charge is 2.49. The normalized spacial score (nSPS) is 22.3. The van der Waals surface area contributed by atoms with Gasteiger partial charge in [0.2, 0.25) is 11.6 Å². The van der Waals surface area contributed by atoms with E-state index in [1.165, 1.54) is 31.9 Å². The third-order valence-corrected chi connectivity index (χ3v) is 6.57. The fourth-order valence-corrected chi connectivity index (χ4v) is 5.14. The van der Waals surface area contributed by atoms with E-state index in [0.717, 1.165) is 0 Å². The molecule has 3 aromatic rings. The lowest BCUT2D eigenvalue weighted by molar-refractivity contribution is -0.165.